The lowest BCUT2D eigenvalue weighted by atomic mass is 9.85. The van der Waals surface area contributed by atoms with Gasteiger partial charge in [-0.05, 0) is 39.0 Å². The molecule has 0 aromatic rings. The van der Waals surface area contributed by atoms with Gasteiger partial charge in [-0.1, -0.05) is 18.4 Å². The van der Waals surface area contributed by atoms with E-state index in [2.05, 4.69) is 0 Å². The molecule has 19 heavy (non-hydrogen) atoms. The van der Waals surface area contributed by atoms with Gasteiger partial charge in [0.15, 0.2) is 0 Å². The molecule has 0 unspecified atom stereocenters. The summed E-state index contributed by atoms with van der Waals surface area (Å²) in [6.45, 7) is 3.80. The second kappa shape index (κ2) is 5.76. The van der Waals surface area contributed by atoms with Crippen LogP contribution in [0.15, 0.2) is 11.6 Å². The average molecular weight is 265 g/mol. The zero-order valence-corrected chi connectivity index (χ0v) is 12.0. The molecule has 1 aliphatic carbocycles. The summed E-state index contributed by atoms with van der Waals surface area (Å²) in [5.74, 6) is 0.155. The molecule has 3 atom stereocenters. The number of rotatable bonds is 2. The largest absolute Gasteiger partial charge is 0.467 e. The summed E-state index contributed by atoms with van der Waals surface area (Å²) >= 11 is 0. The molecule has 0 spiro atoms. The van der Waals surface area contributed by atoms with Crippen LogP contribution in [0.2, 0.25) is 0 Å². The van der Waals surface area contributed by atoms with Crippen molar-refractivity contribution in [3.05, 3.63) is 11.6 Å². The van der Waals surface area contributed by atoms with Crippen molar-refractivity contribution < 1.29 is 14.3 Å². The Balaban J connectivity index is 2.25. The summed E-state index contributed by atoms with van der Waals surface area (Å²) in [6, 6.07) is -0.165. The Kier molecular flexibility index (Phi) is 4.27. The fourth-order valence-corrected chi connectivity index (χ4v) is 3.45. The summed E-state index contributed by atoms with van der Waals surface area (Å²) < 4.78 is 4.87. The van der Waals surface area contributed by atoms with Crippen LogP contribution in [0.3, 0.4) is 0 Å². The molecule has 106 valence electrons. The number of carbonyl (C=O) groups excluding carboxylic acids is 2. The molecule has 1 heterocycles. The number of amides is 1. The highest BCUT2D eigenvalue weighted by Crippen LogP contribution is 2.40. The number of hydrogen-bond acceptors (Lipinski definition) is 3. The molecule has 1 aliphatic heterocycles. The van der Waals surface area contributed by atoms with E-state index in [1.807, 2.05) is 13.8 Å². The third-order valence-corrected chi connectivity index (χ3v) is 4.23. The zero-order valence-electron chi connectivity index (χ0n) is 12.0. The molecular formula is C15H23NO3. The fraction of sp³-hybridized carbons (Fsp3) is 0.733. The first kappa shape index (κ1) is 14.1. The van der Waals surface area contributed by atoms with E-state index in [4.69, 9.17) is 4.74 Å². The highest BCUT2D eigenvalue weighted by Gasteiger charge is 2.47. The van der Waals surface area contributed by atoms with E-state index in [0.29, 0.717) is 5.92 Å². The number of likely N-dealkylation sites (tertiary alicyclic amines) is 1. The minimum atomic E-state index is -0.388. The number of nitrogens with zero attached hydrogens (tertiary/aromatic N) is 1. The van der Waals surface area contributed by atoms with Crippen LogP contribution in [-0.2, 0) is 14.3 Å². The summed E-state index contributed by atoms with van der Waals surface area (Å²) in [7, 11) is 1.40. The molecule has 2 rings (SSSR count). The Morgan fingerprint density at radius 3 is 2.53 bits per heavy atom. The van der Waals surface area contributed by atoms with Gasteiger partial charge in [0, 0.05) is 12.1 Å². The predicted molar refractivity (Wildman–Crippen MR) is 72.4 cm³/mol. The molecule has 1 saturated heterocycles. The Hall–Kier alpha value is -1.32. The number of allylic oxidation sites excluding steroid dienone is 1. The van der Waals surface area contributed by atoms with Crippen molar-refractivity contribution in [2.45, 2.75) is 58.0 Å². The standard InChI is InChI=1S/C15H23NO3/c1-10(2)8-14(17)16-12-7-5-4-6-11(12)9-13(16)15(18)19-3/h8,11-13H,4-7,9H2,1-3H3/t11-,12+,13-/m0/s1. The van der Waals surface area contributed by atoms with Crippen LogP contribution in [0.25, 0.3) is 0 Å². The molecule has 4 heteroatoms. The lowest BCUT2D eigenvalue weighted by molar-refractivity contribution is -0.150. The van der Waals surface area contributed by atoms with Crippen LogP contribution in [0, 0.1) is 5.92 Å². The lowest BCUT2D eigenvalue weighted by Crippen LogP contribution is -2.46. The van der Waals surface area contributed by atoms with Crippen molar-refractivity contribution >= 4 is 11.9 Å². The third kappa shape index (κ3) is 2.82. The summed E-state index contributed by atoms with van der Waals surface area (Å²) in [4.78, 5) is 26.1. The second-order valence-electron chi connectivity index (χ2n) is 5.85. The van der Waals surface area contributed by atoms with Gasteiger partial charge in [0.2, 0.25) is 5.91 Å². The van der Waals surface area contributed by atoms with Gasteiger partial charge in [-0.2, -0.15) is 0 Å². The van der Waals surface area contributed by atoms with Gasteiger partial charge in [-0.3, -0.25) is 4.79 Å². The number of ether oxygens (including phenoxy) is 1. The van der Waals surface area contributed by atoms with E-state index in [1.165, 1.54) is 13.5 Å². The Bertz CT molecular complexity index is 398. The van der Waals surface area contributed by atoms with Crippen molar-refractivity contribution in [3.63, 3.8) is 0 Å². The van der Waals surface area contributed by atoms with Gasteiger partial charge in [-0.15, -0.1) is 0 Å². The number of esters is 1. The van der Waals surface area contributed by atoms with Crippen molar-refractivity contribution in [3.8, 4) is 0 Å². The normalized spacial score (nSPS) is 29.6. The third-order valence-electron chi connectivity index (χ3n) is 4.23. The highest BCUT2D eigenvalue weighted by molar-refractivity contribution is 5.92. The van der Waals surface area contributed by atoms with Gasteiger partial charge in [0.25, 0.3) is 0 Å². The van der Waals surface area contributed by atoms with Crippen LogP contribution in [0.5, 0.6) is 0 Å². The van der Waals surface area contributed by atoms with E-state index in [0.717, 1.165) is 31.3 Å². The molecule has 2 fully saturated rings. The van der Waals surface area contributed by atoms with Crippen molar-refractivity contribution in [1.29, 1.82) is 0 Å². The minimum absolute atomic E-state index is 0.0372. The maximum atomic E-state index is 12.4. The summed E-state index contributed by atoms with van der Waals surface area (Å²) in [5, 5.41) is 0. The fourth-order valence-electron chi connectivity index (χ4n) is 3.45. The van der Waals surface area contributed by atoms with Crippen LogP contribution >= 0.6 is 0 Å². The molecule has 0 radical (unpaired) electrons. The Morgan fingerprint density at radius 1 is 1.21 bits per heavy atom. The van der Waals surface area contributed by atoms with E-state index in [1.54, 1.807) is 11.0 Å². The van der Waals surface area contributed by atoms with Crippen LogP contribution in [0.4, 0.5) is 0 Å². The molecule has 2 aliphatic rings. The average Bonchev–Trinajstić information content (AvgIpc) is 2.76. The number of methoxy groups -OCH3 is 1. The molecule has 1 saturated carbocycles. The van der Waals surface area contributed by atoms with E-state index < -0.39 is 0 Å². The first-order chi connectivity index (χ1) is 9.04. The van der Waals surface area contributed by atoms with Crippen molar-refractivity contribution in [2.75, 3.05) is 7.11 Å². The topological polar surface area (TPSA) is 46.6 Å². The maximum absolute atomic E-state index is 12.4. The smallest absolute Gasteiger partial charge is 0.328 e. The molecule has 0 N–H and O–H groups in total. The summed E-state index contributed by atoms with van der Waals surface area (Å²) in [6.07, 6.45) is 6.89. The summed E-state index contributed by atoms with van der Waals surface area (Å²) in [5.41, 5.74) is 0.966. The van der Waals surface area contributed by atoms with Crippen molar-refractivity contribution in [1.82, 2.24) is 4.90 Å². The molecule has 0 aromatic heterocycles. The van der Waals surface area contributed by atoms with E-state index in [-0.39, 0.29) is 24.0 Å². The maximum Gasteiger partial charge on any atom is 0.328 e. The van der Waals surface area contributed by atoms with Gasteiger partial charge < -0.3 is 9.64 Å². The first-order valence-corrected chi connectivity index (χ1v) is 7.09. The number of hydrogen-bond donors (Lipinski definition) is 0. The molecule has 1 amide bonds. The predicted octanol–water partition coefficient (Wildman–Crippen LogP) is 2.29. The highest BCUT2D eigenvalue weighted by atomic mass is 16.5. The van der Waals surface area contributed by atoms with Gasteiger partial charge >= 0.3 is 5.97 Å². The van der Waals surface area contributed by atoms with Gasteiger partial charge in [0.1, 0.15) is 6.04 Å². The molecule has 4 nitrogen and oxygen atoms in total. The Labute approximate surface area is 114 Å². The number of carbonyl (C=O) groups is 2. The molecular weight excluding hydrogens is 242 g/mol. The quantitative estimate of drug-likeness (QED) is 0.568. The SMILES string of the molecule is COC(=O)[C@@H]1C[C@@H]2CCCC[C@H]2N1C(=O)C=C(C)C. The van der Waals surface area contributed by atoms with Gasteiger partial charge in [-0.25, -0.2) is 4.79 Å². The van der Waals surface area contributed by atoms with Crippen LogP contribution in [0.1, 0.15) is 46.0 Å². The molecule has 0 aromatic carbocycles. The first-order valence-electron chi connectivity index (χ1n) is 7.09. The van der Waals surface area contributed by atoms with E-state index >= 15 is 0 Å². The Morgan fingerprint density at radius 2 is 1.89 bits per heavy atom. The van der Waals surface area contributed by atoms with Gasteiger partial charge in [0.05, 0.1) is 7.11 Å². The van der Waals surface area contributed by atoms with Crippen LogP contribution in [-0.4, -0.2) is 36.0 Å². The monoisotopic (exact) mass is 265 g/mol. The van der Waals surface area contributed by atoms with Crippen molar-refractivity contribution in [2.24, 2.45) is 5.92 Å². The minimum Gasteiger partial charge on any atom is -0.467 e. The van der Waals surface area contributed by atoms with E-state index in [9.17, 15) is 9.59 Å². The zero-order chi connectivity index (χ0) is 14.0. The van der Waals surface area contributed by atoms with Crippen LogP contribution < -0.4 is 0 Å². The molecule has 0 bridgehead atoms. The second-order valence-corrected chi connectivity index (χ2v) is 5.85. The lowest BCUT2D eigenvalue weighted by Gasteiger charge is -2.32. The number of fused-ring (bicyclic) bond motifs is 1.